The zero-order valence-corrected chi connectivity index (χ0v) is 13.6. The molecule has 0 spiro atoms. The third kappa shape index (κ3) is 3.20. The number of hydrogen-bond donors (Lipinski definition) is 1. The predicted molar refractivity (Wildman–Crippen MR) is 83.6 cm³/mol. The first-order valence-electron chi connectivity index (χ1n) is 7.05. The van der Waals surface area contributed by atoms with Crippen LogP contribution in [0.1, 0.15) is 12.2 Å². The minimum atomic E-state index is -4.68. The summed E-state index contributed by atoms with van der Waals surface area (Å²) in [6.45, 7) is 0. The van der Waals surface area contributed by atoms with Crippen LogP contribution in [-0.2, 0) is 10.0 Å². The van der Waals surface area contributed by atoms with Crippen LogP contribution in [0.2, 0.25) is 0 Å². The number of hydrogen-bond acceptors (Lipinski definition) is 4. The van der Waals surface area contributed by atoms with Crippen molar-refractivity contribution in [2.75, 3.05) is 0 Å². The van der Waals surface area contributed by atoms with Crippen LogP contribution >= 0.6 is 0 Å². The predicted octanol–water partition coefficient (Wildman–Crippen LogP) is 3.87. The largest absolute Gasteiger partial charge is 0.354 e. The minimum absolute atomic E-state index is 0.0666. The van der Waals surface area contributed by atoms with Gasteiger partial charge in [-0.15, -0.1) is 0 Å². The van der Waals surface area contributed by atoms with Crippen molar-refractivity contribution in [2.45, 2.75) is 11.3 Å². The molecule has 10 heteroatoms. The van der Waals surface area contributed by atoms with Gasteiger partial charge < -0.3 is 4.52 Å². The third-order valence-corrected chi connectivity index (χ3v) is 4.49. The van der Waals surface area contributed by atoms with Gasteiger partial charge in [0, 0.05) is 5.56 Å². The Kier molecular flexibility index (Phi) is 4.55. The summed E-state index contributed by atoms with van der Waals surface area (Å²) in [6, 6.07) is 9.17. The molecule has 0 atom stereocenters. The lowest BCUT2D eigenvalue weighted by atomic mass is 9.99. The lowest BCUT2D eigenvalue weighted by Gasteiger charge is -2.08. The first-order valence-corrected chi connectivity index (χ1v) is 8.60. The van der Waals surface area contributed by atoms with Crippen molar-refractivity contribution in [3.05, 3.63) is 59.9 Å². The number of sulfonamides is 1. The highest BCUT2D eigenvalue weighted by atomic mass is 32.2. The van der Waals surface area contributed by atoms with Crippen LogP contribution in [0.15, 0.2) is 51.9 Å². The maximum Gasteiger partial charge on any atom is 0.298 e. The monoisotopic (exact) mass is 386 g/mol. The van der Waals surface area contributed by atoms with E-state index >= 15 is 0 Å². The molecule has 0 amide bonds. The van der Waals surface area contributed by atoms with Crippen LogP contribution < -0.4 is 5.14 Å². The van der Waals surface area contributed by atoms with E-state index in [4.69, 9.17) is 5.14 Å². The first-order chi connectivity index (χ1) is 12.2. The molecular weight excluding hydrogens is 376 g/mol. The van der Waals surface area contributed by atoms with E-state index in [9.17, 15) is 26.0 Å². The summed E-state index contributed by atoms with van der Waals surface area (Å²) in [5, 5.41) is 8.34. The molecule has 3 aromatic rings. The van der Waals surface area contributed by atoms with Crippen LogP contribution in [0.4, 0.5) is 17.6 Å². The van der Waals surface area contributed by atoms with E-state index in [-0.39, 0.29) is 16.8 Å². The van der Waals surface area contributed by atoms with Crippen molar-refractivity contribution in [1.29, 1.82) is 0 Å². The van der Waals surface area contributed by atoms with Crippen LogP contribution in [0.25, 0.3) is 22.4 Å². The van der Waals surface area contributed by atoms with Crippen LogP contribution in [0.3, 0.4) is 0 Å². The van der Waals surface area contributed by atoms with E-state index < -0.39 is 38.7 Å². The second kappa shape index (κ2) is 6.54. The van der Waals surface area contributed by atoms with Crippen molar-refractivity contribution in [1.82, 2.24) is 5.16 Å². The number of rotatable bonds is 4. The SMILES string of the molecule is NS(=O)(=O)c1c(F)cc(-c2c(-c3ccccc3)noc2C(F)F)cc1F. The van der Waals surface area contributed by atoms with Gasteiger partial charge >= 0.3 is 0 Å². The number of alkyl halides is 2. The molecule has 0 saturated carbocycles. The molecule has 2 N–H and O–H groups in total. The number of primary sulfonamides is 1. The summed E-state index contributed by atoms with van der Waals surface area (Å²) in [6.07, 6.45) is -3.11. The second-order valence-corrected chi connectivity index (χ2v) is 6.75. The summed E-state index contributed by atoms with van der Waals surface area (Å²) in [4.78, 5) is -1.35. The summed E-state index contributed by atoms with van der Waals surface area (Å²) in [7, 11) is -4.68. The summed E-state index contributed by atoms with van der Waals surface area (Å²) in [5.74, 6) is -3.92. The number of halogens is 4. The third-order valence-electron chi connectivity index (χ3n) is 3.54. The van der Waals surface area contributed by atoms with E-state index in [2.05, 4.69) is 9.68 Å². The molecule has 0 bridgehead atoms. The highest BCUT2D eigenvalue weighted by molar-refractivity contribution is 7.89. The Morgan fingerprint density at radius 2 is 1.58 bits per heavy atom. The molecule has 0 aliphatic carbocycles. The summed E-state index contributed by atoms with van der Waals surface area (Å²) < 4.78 is 82.0. The van der Waals surface area contributed by atoms with E-state index in [1.165, 1.54) is 0 Å². The smallest absolute Gasteiger partial charge is 0.298 e. The van der Waals surface area contributed by atoms with Crippen molar-refractivity contribution in [3.63, 3.8) is 0 Å². The zero-order chi connectivity index (χ0) is 19.1. The average molecular weight is 386 g/mol. The van der Waals surface area contributed by atoms with Gasteiger partial charge in [-0.25, -0.2) is 31.1 Å². The lowest BCUT2D eigenvalue weighted by Crippen LogP contribution is -2.16. The number of aromatic nitrogens is 1. The Balaban J connectivity index is 2.29. The van der Waals surface area contributed by atoms with Gasteiger partial charge in [0.1, 0.15) is 17.3 Å². The van der Waals surface area contributed by atoms with E-state index in [0.717, 1.165) is 0 Å². The van der Waals surface area contributed by atoms with Gasteiger partial charge in [-0.3, -0.25) is 0 Å². The molecule has 0 saturated heterocycles. The Morgan fingerprint density at radius 3 is 2.08 bits per heavy atom. The molecule has 0 radical (unpaired) electrons. The Bertz CT molecular complexity index is 1040. The summed E-state index contributed by atoms with van der Waals surface area (Å²) in [5.41, 5.74) is -0.398. The molecule has 0 aliphatic heterocycles. The fourth-order valence-corrected chi connectivity index (χ4v) is 3.16. The molecular formula is C16H10F4N2O3S. The van der Waals surface area contributed by atoms with Crippen molar-refractivity contribution < 1.29 is 30.5 Å². The molecule has 0 aliphatic rings. The lowest BCUT2D eigenvalue weighted by molar-refractivity contribution is 0.113. The normalized spacial score (nSPS) is 11.9. The van der Waals surface area contributed by atoms with Crippen molar-refractivity contribution >= 4 is 10.0 Å². The maximum atomic E-state index is 14.1. The molecule has 3 rings (SSSR count). The highest BCUT2D eigenvalue weighted by Crippen LogP contribution is 2.40. The average Bonchev–Trinajstić information content (AvgIpc) is 2.98. The van der Waals surface area contributed by atoms with Gasteiger partial charge in [0.25, 0.3) is 6.43 Å². The molecule has 136 valence electrons. The highest BCUT2D eigenvalue weighted by Gasteiger charge is 2.29. The van der Waals surface area contributed by atoms with E-state index in [1.807, 2.05) is 0 Å². The van der Waals surface area contributed by atoms with E-state index in [1.54, 1.807) is 30.3 Å². The van der Waals surface area contributed by atoms with Gasteiger partial charge in [-0.05, 0) is 17.7 Å². The van der Waals surface area contributed by atoms with Gasteiger partial charge in [0.2, 0.25) is 15.8 Å². The zero-order valence-electron chi connectivity index (χ0n) is 12.8. The van der Waals surface area contributed by atoms with Gasteiger partial charge in [0.05, 0.1) is 5.56 Å². The van der Waals surface area contributed by atoms with Gasteiger partial charge in [-0.2, -0.15) is 0 Å². The van der Waals surface area contributed by atoms with Gasteiger partial charge in [0.15, 0.2) is 4.90 Å². The Morgan fingerprint density at radius 1 is 1.00 bits per heavy atom. The number of nitrogens with zero attached hydrogens (tertiary/aromatic N) is 1. The molecule has 1 heterocycles. The minimum Gasteiger partial charge on any atom is -0.354 e. The van der Waals surface area contributed by atoms with Gasteiger partial charge in [-0.1, -0.05) is 35.5 Å². The van der Waals surface area contributed by atoms with Crippen LogP contribution in [0.5, 0.6) is 0 Å². The van der Waals surface area contributed by atoms with Crippen molar-refractivity contribution in [3.8, 4) is 22.4 Å². The molecule has 26 heavy (non-hydrogen) atoms. The van der Waals surface area contributed by atoms with E-state index in [0.29, 0.717) is 17.7 Å². The standard InChI is InChI=1S/C16H10F4N2O3S/c17-10-6-9(7-11(18)15(10)26(21,23)24)12-13(8-4-2-1-3-5-8)22-25-14(12)16(19)20/h1-7,16H,(H2,21,23,24). The maximum absolute atomic E-state index is 14.1. The fraction of sp³-hybridized carbons (Fsp3) is 0.0625. The van der Waals surface area contributed by atoms with Crippen LogP contribution in [-0.4, -0.2) is 13.6 Å². The number of nitrogens with two attached hydrogens (primary N) is 1. The topological polar surface area (TPSA) is 86.2 Å². The Hall–Kier alpha value is -2.72. The molecule has 0 unspecified atom stereocenters. The molecule has 1 aromatic heterocycles. The van der Waals surface area contributed by atoms with Crippen LogP contribution in [0, 0.1) is 11.6 Å². The molecule has 2 aromatic carbocycles. The summed E-state index contributed by atoms with van der Waals surface area (Å²) >= 11 is 0. The first kappa shape index (κ1) is 18.1. The molecule has 0 fully saturated rings. The fourth-order valence-electron chi connectivity index (χ4n) is 2.50. The molecule has 5 nitrogen and oxygen atoms in total. The number of benzene rings is 2. The second-order valence-electron chi connectivity index (χ2n) is 5.25. The Labute approximate surface area is 145 Å². The van der Waals surface area contributed by atoms with Crippen molar-refractivity contribution in [2.24, 2.45) is 5.14 Å². The quantitative estimate of drug-likeness (QED) is 0.690.